The zero-order valence-corrected chi connectivity index (χ0v) is 11.0. The van der Waals surface area contributed by atoms with Crippen molar-refractivity contribution in [1.29, 1.82) is 0 Å². The van der Waals surface area contributed by atoms with Crippen molar-refractivity contribution in [3.8, 4) is 0 Å². The molecule has 0 bridgehead atoms. The van der Waals surface area contributed by atoms with Crippen LogP contribution in [0.3, 0.4) is 0 Å². The van der Waals surface area contributed by atoms with Crippen LogP contribution in [-0.4, -0.2) is 25.0 Å². The van der Waals surface area contributed by atoms with Crippen LogP contribution in [0.1, 0.15) is 40.0 Å². The first-order valence-corrected chi connectivity index (χ1v) is 6.68. The Labute approximate surface area is 103 Å². The molecular formula is C13H23NO3. The van der Waals surface area contributed by atoms with E-state index in [0.717, 1.165) is 12.8 Å². The average molecular weight is 241 g/mol. The van der Waals surface area contributed by atoms with Crippen LogP contribution >= 0.6 is 0 Å². The summed E-state index contributed by atoms with van der Waals surface area (Å²) in [7, 11) is 0. The summed E-state index contributed by atoms with van der Waals surface area (Å²) in [6, 6.07) is 0. The maximum absolute atomic E-state index is 10.3. The fourth-order valence-corrected chi connectivity index (χ4v) is 3.32. The Kier molecular flexibility index (Phi) is 3.83. The van der Waals surface area contributed by atoms with Gasteiger partial charge in [-0.2, -0.15) is 4.91 Å². The van der Waals surface area contributed by atoms with Gasteiger partial charge in [-0.3, -0.25) is 0 Å². The molecular weight excluding hydrogens is 218 g/mol. The first kappa shape index (κ1) is 13.0. The van der Waals surface area contributed by atoms with Crippen molar-refractivity contribution in [3.63, 3.8) is 0 Å². The minimum Gasteiger partial charge on any atom is -0.347 e. The summed E-state index contributed by atoms with van der Waals surface area (Å²) in [6.45, 7) is 7.42. The Morgan fingerprint density at radius 2 is 2.18 bits per heavy atom. The highest BCUT2D eigenvalue weighted by Gasteiger charge is 2.51. The summed E-state index contributed by atoms with van der Waals surface area (Å²) in [6.07, 6.45) is 3.21. The Morgan fingerprint density at radius 1 is 1.41 bits per heavy atom. The van der Waals surface area contributed by atoms with Gasteiger partial charge in [0, 0.05) is 12.3 Å². The van der Waals surface area contributed by atoms with Crippen molar-refractivity contribution >= 4 is 0 Å². The van der Waals surface area contributed by atoms with E-state index in [1.165, 1.54) is 6.42 Å². The molecule has 2 aliphatic rings. The zero-order valence-electron chi connectivity index (χ0n) is 11.0. The molecule has 4 heteroatoms. The van der Waals surface area contributed by atoms with Gasteiger partial charge in [0.25, 0.3) is 0 Å². The molecule has 4 atom stereocenters. The molecule has 1 saturated carbocycles. The van der Waals surface area contributed by atoms with Gasteiger partial charge in [0.15, 0.2) is 5.79 Å². The third kappa shape index (κ3) is 2.52. The number of rotatable bonds is 3. The first-order chi connectivity index (χ1) is 8.07. The lowest BCUT2D eigenvalue weighted by Crippen LogP contribution is -2.47. The van der Waals surface area contributed by atoms with Gasteiger partial charge < -0.3 is 9.47 Å². The first-order valence-electron chi connectivity index (χ1n) is 6.68. The summed E-state index contributed by atoms with van der Waals surface area (Å²) in [5, 5.41) is 2.93. The summed E-state index contributed by atoms with van der Waals surface area (Å²) in [5.74, 6) is 1.18. The van der Waals surface area contributed by atoms with Gasteiger partial charge in [0.1, 0.15) is 12.6 Å². The minimum atomic E-state index is -0.443. The van der Waals surface area contributed by atoms with Gasteiger partial charge in [-0.1, -0.05) is 32.4 Å². The lowest BCUT2D eigenvalue weighted by molar-refractivity contribution is -0.237. The van der Waals surface area contributed by atoms with Crippen LogP contribution in [0.25, 0.3) is 0 Å². The van der Waals surface area contributed by atoms with Crippen LogP contribution in [0.4, 0.5) is 0 Å². The van der Waals surface area contributed by atoms with Crippen LogP contribution < -0.4 is 0 Å². The van der Waals surface area contributed by atoms with Crippen molar-refractivity contribution in [2.24, 2.45) is 22.9 Å². The average Bonchev–Trinajstić information content (AvgIpc) is 2.61. The second-order valence-electron chi connectivity index (χ2n) is 5.91. The van der Waals surface area contributed by atoms with Gasteiger partial charge in [-0.15, -0.1) is 0 Å². The van der Waals surface area contributed by atoms with Crippen molar-refractivity contribution in [1.82, 2.24) is 0 Å². The van der Waals surface area contributed by atoms with Crippen molar-refractivity contribution in [2.45, 2.75) is 51.9 Å². The Hall–Kier alpha value is -0.480. The van der Waals surface area contributed by atoms with E-state index in [0.29, 0.717) is 24.4 Å². The summed E-state index contributed by atoms with van der Waals surface area (Å²) in [4.78, 5) is 10.3. The molecule has 2 rings (SSSR count). The number of nitroso groups, excluding NO2 is 1. The van der Waals surface area contributed by atoms with E-state index in [4.69, 9.17) is 9.47 Å². The highest BCUT2D eigenvalue weighted by atomic mass is 16.7. The fraction of sp³-hybridized carbons (Fsp3) is 1.00. The molecule has 0 radical (unpaired) electrons. The van der Waals surface area contributed by atoms with E-state index in [1.807, 2.05) is 0 Å². The molecule has 0 aromatic rings. The van der Waals surface area contributed by atoms with Gasteiger partial charge in [-0.05, 0) is 18.3 Å². The lowest BCUT2D eigenvalue weighted by Gasteiger charge is -2.44. The van der Waals surface area contributed by atoms with Gasteiger partial charge in [0.05, 0.1) is 6.61 Å². The Balaban J connectivity index is 2.11. The normalized spacial score (nSPS) is 42.2. The largest absolute Gasteiger partial charge is 0.347 e. The van der Waals surface area contributed by atoms with Crippen LogP contribution in [0.2, 0.25) is 0 Å². The molecule has 17 heavy (non-hydrogen) atoms. The maximum Gasteiger partial charge on any atom is 0.172 e. The highest BCUT2D eigenvalue weighted by Crippen LogP contribution is 2.47. The van der Waals surface area contributed by atoms with E-state index < -0.39 is 5.79 Å². The molecule has 0 aromatic carbocycles. The van der Waals surface area contributed by atoms with Crippen molar-refractivity contribution < 1.29 is 9.47 Å². The topological polar surface area (TPSA) is 47.9 Å². The van der Waals surface area contributed by atoms with Crippen molar-refractivity contribution in [3.05, 3.63) is 4.91 Å². The van der Waals surface area contributed by atoms with E-state index in [9.17, 15) is 4.91 Å². The van der Waals surface area contributed by atoms with Gasteiger partial charge >= 0.3 is 0 Å². The third-order valence-corrected chi connectivity index (χ3v) is 4.13. The maximum atomic E-state index is 10.3. The summed E-state index contributed by atoms with van der Waals surface area (Å²) < 4.78 is 12.0. The van der Waals surface area contributed by atoms with E-state index in [1.54, 1.807) is 0 Å². The van der Waals surface area contributed by atoms with E-state index >= 15 is 0 Å². The van der Waals surface area contributed by atoms with Crippen molar-refractivity contribution in [2.75, 3.05) is 13.2 Å². The molecule has 0 N–H and O–H groups in total. The molecule has 4 nitrogen and oxygen atoms in total. The predicted molar refractivity (Wildman–Crippen MR) is 65.6 cm³/mol. The number of ether oxygens (including phenoxy) is 2. The summed E-state index contributed by atoms with van der Waals surface area (Å²) in [5.41, 5.74) is 0. The highest BCUT2D eigenvalue weighted by molar-refractivity contribution is 4.92. The quantitative estimate of drug-likeness (QED) is 0.714. The lowest BCUT2D eigenvalue weighted by atomic mass is 9.73. The Bertz CT molecular complexity index is 282. The molecule has 1 spiro atoms. The zero-order chi connectivity index (χ0) is 12.5. The fourth-order valence-electron chi connectivity index (χ4n) is 3.32. The van der Waals surface area contributed by atoms with Crippen LogP contribution in [0, 0.1) is 22.7 Å². The molecule has 0 aromatic heterocycles. The minimum absolute atomic E-state index is 0.140. The van der Waals surface area contributed by atoms with Crippen LogP contribution in [0.5, 0.6) is 0 Å². The third-order valence-electron chi connectivity index (χ3n) is 4.13. The number of nitrogens with zero attached hydrogens (tertiary/aromatic N) is 1. The molecule has 0 amide bonds. The SMILES string of the molecule is CC1CCC(C(C)C)C2(C1)OCC(CN=O)O2. The molecule has 1 aliphatic carbocycles. The monoisotopic (exact) mass is 241 g/mol. The second-order valence-corrected chi connectivity index (χ2v) is 5.91. The molecule has 1 aliphatic heterocycles. The number of hydrogen-bond acceptors (Lipinski definition) is 4. The molecule has 1 saturated heterocycles. The second kappa shape index (κ2) is 5.02. The molecule has 4 unspecified atom stereocenters. The van der Waals surface area contributed by atoms with Gasteiger partial charge in [-0.25, -0.2) is 0 Å². The predicted octanol–water partition coefficient (Wildman–Crippen LogP) is 2.96. The molecule has 2 fully saturated rings. The smallest absolute Gasteiger partial charge is 0.172 e. The van der Waals surface area contributed by atoms with Crippen LogP contribution in [-0.2, 0) is 9.47 Å². The number of hydrogen-bond donors (Lipinski definition) is 0. The van der Waals surface area contributed by atoms with E-state index in [2.05, 4.69) is 25.9 Å². The molecule has 98 valence electrons. The van der Waals surface area contributed by atoms with E-state index in [-0.39, 0.29) is 12.6 Å². The molecule has 1 heterocycles. The van der Waals surface area contributed by atoms with Gasteiger partial charge in [0.2, 0.25) is 0 Å². The Morgan fingerprint density at radius 3 is 2.82 bits per heavy atom. The van der Waals surface area contributed by atoms with Crippen LogP contribution in [0.15, 0.2) is 5.18 Å². The summed E-state index contributed by atoms with van der Waals surface area (Å²) >= 11 is 0. The standard InChI is InChI=1S/C13H23NO3/c1-9(2)12-5-4-10(3)6-13(12)16-8-11(17-13)7-14-15/h9-12H,4-8H2,1-3H3.